The fourth-order valence-electron chi connectivity index (χ4n) is 1.00. The van der Waals surface area contributed by atoms with Gasteiger partial charge in [-0.1, -0.05) is 12.2 Å². The van der Waals surface area contributed by atoms with Crippen molar-refractivity contribution >= 4 is 0 Å². The zero-order valence-electron chi connectivity index (χ0n) is 5.14. The van der Waals surface area contributed by atoms with Crippen molar-refractivity contribution in [2.75, 3.05) is 0 Å². The van der Waals surface area contributed by atoms with Gasteiger partial charge < -0.3 is 5.73 Å². The maximum Gasteiger partial charge on any atom is 0.00447 e. The van der Waals surface area contributed by atoms with E-state index in [-0.39, 0.29) is 0 Å². The van der Waals surface area contributed by atoms with E-state index in [4.69, 9.17) is 5.73 Å². The zero-order valence-corrected chi connectivity index (χ0v) is 5.14. The Morgan fingerprint density at radius 3 is 2.12 bits per heavy atom. The van der Waals surface area contributed by atoms with E-state index in [1.165, 1.54) is 25.7 Å². The van der Waals surface area contributed by atoms with Gasteiger partial charge in [0.2, 0.25) is 0 Å². The molecule has 0 amide bonds. The maximum absolute atomic E-state index is 5.69. The second kappa shape index (κ2) is 2.88. The third-order valence-electron chi connectivity index (χ3n) is 1.57. The molecule has 0 atom stereocenters. The molecule has 0 saturated heterocycles. The van der Waals surface area contributed by atoms with Crippen molar-refractivity contribution in [1.82, 2.24) is 0 Å². The SMILES string of the molecule is NC1CCC=CCC1. The van der Waals surface area contributed by atoms with Crippen LogP contribution in [0, 0.1) is 0 Å². The summed E-state index contributed by atoms with van der Waals surface area (Å²) in [7, 11) is 0. The smallest absolute Gasteiger partial charge is 0.00447 e. The Balaban J connectivity index is 2.28. The van der Waals surface area contributed by atoms with Crippen LogP contribution < -0.4 is 5.73 Å². The van der Waals surface area contributed by atoms with Gasteiger partial charge in [0.15, 0.2) is 0 Å². The van der Waals surface area contributed by atoms with Crippen LogP contribution in [-0.4, -0.2) is 6.04 Å². The minimum atomic E-state index is 0.463. The van der Waals surface area contributed by atoms with Crippen LogP contribution in [0.1, 0.15) is 25.7 Å². The third-order valence-corrected chi connectivity index (χ3v) is 1.57. The molecule has 2 N–H and O–H groups in total. The largest absolute Gasteiger partial charge is 0.328 e. The molecule has 0 spiro atoms. The van der Waals surface area contributed by atoms with E-state index in [9.17, 15) is 0 Å². The first-order valence-corrected chi connectivity index (χ1v) is 3.30. The zero-order chi connectivity index (χ0) is 5.82. The lowest BCUT2D eigenvalue weighted by molar-refractivity contribution is 0.593. The van der Waals surface area contributed by atoms with Gasteiger partial charge in [-0.15, -0.1) is 0 Å². The Morgan fingerprint density at radius 2 is 1.62 bits per heavy atom. The van der Waals surface area contributed by atoms with E-state index < -0.39 is 0 Å². The Hall–Kier alpha value is -0.300. The molecule has 0 aromatic carbocycles. The second-order valence-corrected chi connectivity index (χ2v) is 2.39. The summed E-state index contributed by atoms with van der Waals surface area (Å²) in [4.78, 5) is 0. The minimum Gasteiger partial charge on any atom is -0.328 e. The quantitative estimate of drug-likeness (QED) is 0.470. The van der Waals surface area contributed by atoms with Gasteiger partial charge in [0.1, 0.15) is 0 Å². The molecule has 0 aromatic rings. The molecule has 1 aliphatic carbocycles. The van der Waals surface area contributed by atoms with Crippen molar-refractivity contribution in [1.29, 1.82) is 0 Å². The van der Waals surface area contributed by atoms with Crippen LogP contribution in [0.15, 0.2) is 12.2 Å². The molecule has 1 rings (SSSR count). The van der Waals surface area contributed by atoms with E-state index in [1.807, 2.05) is 0 Å². The summed E-state index contributed by atoms with van der Waals surface area (Å²) >= 11 is 0. The topological polar surface area (TPSA) is 26.0 Å². The lowest BCUT2D eigenvalue weighted by atomic mass is 10.1. The van der Waals surface area contributed by atoms with Crippen molar-refractivity contribution in [3.05, 3.63) is 12.2 Å². The van der Waals surface area contributed by atoms with Crippen LogP contribution in [0.4, 0.5) is 0 Å². The van der Waals surface area contributed by atoms with Gasteiger partial charge in [0, 0.05) is 6.04 Å². The van der Waals surface area contributed by atoms with Gasteiger partial charge in [0.05, 0.1) is 0 Å². The molecular weight excluding hydrogens is 98.1 g/mol. The molecule has 0 bridgehead atoms. The molecule has 46 valence electrons. The molecule has 1 aliphatic rings. The summed E-state index contributed by atoms with van der Waals surface area (Å²) in [6, 6.07) is 0.463. The molecular formula is C7H13N. The van der Waals surface area contributed by atoms with E-state index in [1.54, 1.807) is 0 Å². The fourth-order valence-corrected chi connectivity index (χ4v) is 1.00. The first-order chi connectivity index (χ1) is 3.89. The Bertz CT molecular complexity index is 76.4. The van der Waals surface area contributed by atoms with Crippen molar-refractivity contribution < 1.29 is 0 Å². The first kappa shape index (κ1) is 5.83. The van der Waals surface area contributed by atoms with Crippen LogP contribution >= 0.6 is 0 Å². The molecule has 1 nitrogen and oxygen atoms in total. The van der Waals surface area contributed by atoms with E-state index in [0.29, 0.717) is 6.04 Å². The fraction of sp³-hybridized carbons (Fsp3) is 0.714. The Morgan fingerprint density at radius 1 is 1.12 bits per heavy atom. The normalized spacial score (nSPS) is 23.1. The average molecular weight is 111 g/mol. The highest BCUT2D eigenvalue weighted by atomic mass is 14.6. The summed E-state index contributed by atoms with van der Waals surface area (Å²) in [5.74, 6) is 0. The maximum atomic E-state index is 5.69. The van der Waals surface area contributed by atoms with Crippen LogP contribution in [0.25, 0.3) is 0 Å². The third kappa shape index (κ3) is 1.66. The summed E-state index contributed by atoms with van der Waals surface area (Å²) in [5, 5.41) is 0. The number of allylic oxidation sites excluding steroid dienone is 2. The molecule has 0 saturated carbocycles. The highest BCUT2D eigenvalue weighted by Crippen LogP contribution is 2.08. The number of hydrogen-bond donors (Lipinski definition) is 1. The second-order valence-electron chi connectivity index (χ2n) is 2.39. The number of nitrogens with two attached hydrogens (primary N) is 1. The van der Waals surface area contributed by atoms with Gasteiger partial charge in [-0.05, 0) is 25.7 Å². The van der Waals surface area contributed by atoms with Crippen molar-refractivity contribution in [2.24, 2.45) is 5.73 Å². The van der Waals surface area contributed by atoms with Crippen molar-refractivity contribution in [3.8, 4) is 0 Å². The summed E-state index contributed by atoms with van der Waals surface area (Å²) in [5.41, 5.74) is 5.69. The monoisotopic (exact) mass is 111 g/mol. The molecule has 0 unspecified atom stereocenters. The highest BCUT2D eigenvalue weighted by Gasteiger charge is 2.01. The molecule has 0 radical (unpaired) electrons. The highest BCUT2D eigenvalue weighted by molar-refractivity contribution is 4.87. The molecule has 1 heteroatoms. The van der Waals surface area contributed by atoms with Gasteiger partial charge in [-0.2, -0.15) is 0 Å². The van der Waals surface area contributed by atoms with Gasteiger partial charge in [-0.25, -0.2) is 0 Å². The van der Waals surface area contributed by atoms with Crippen LogP contribution in [0.5, 0.6) is 0 Å². The Kier molecular flexibility index (Phi) is 2.10. The van der Waals surface area contributed by atoms with E-state index in [2.05, 4.69) is 12.2 Å². The number of rotatable bonds is 0. The van der Waals surface area contributed by atoms with Crippen molar-refractivity contribution in [2.45, 2.75) is 31.7 Å². The summed E-state index contributed by atoms with van der Waals surface area (Å²) in [6.07, 6.45) is 9.18. The lowest BCUT2D eigenvalue weighted by Crippen LogP contribution is -2.17. The van der Waals surface area contributed by atoms with Gasteiger partial charge in [-0.3, -0.25) is 0 Å². The van der Waals surface area contributed by atoms with E-state index >= 15 is 0 Å². The van der Waals surface area contributed by atoms with Crippen LogP contribution in [0.2, 0.25) is 0 Å². The number of hydrogen-bond acceptors (Lipinski definition) is 1. The average Bonchev–Trinajstić information content (AvgIpc) is 1.94. The predicted molar refractivity (Wildman–Crippen MR) is 35.6 cm³/mol. The lowest BCUT2D eigenvalue weighted by Gasteiger charge is -2.03. The molecule has 8 heavy (non-hydrogen) atoms. The van der Waals surface area contributed by atoms with Gasteiger partial charge >= 0.3 is 0 Å². The van der Waals surface area contributed by atoms with Crippen LogP contribution in [-0.2, 0) is 0 Å². The van der Waals surface area contributed by atoms with E-state index in [0.717, 1.165) is 0 Å². The van der Waals surface area contributed by atoms with Crippen LogP contribution in [0.3, 0.4) is 0 Å². The molecule has 0 heterocycles. The summed E-state index contributed by atoms with van der Waals surface area (Å²) < 4.78 is 0. The Labute approximate surface area is 50.6 Å². The minimum absolute atomic E-state index is 0.463. The molecule has 0 aromatic heterocycles. The predicted octanol–water partition coefficient (Wildman–Crippen LogP) is 1.44. The van der Waals surface area contributed by atoms with Crippen molar-refractivity contribution in [3.63, 3.8) is 0 Å². The molecule has 0 fully saturated rings. The summed E-state index contributed by atoms with van der Waals surface area (Å²) in [6.45, 7) is 0. The molecule has 0 aliphatic heterocycles. The first-order valence-electron chi connectivity index (χ1n) is 3.30. The standard InChI is InChI=1S/C7H13N/c8-7-5-3-1-2-4-6-7/h1-2,7H,3-6,8H2. The van der Waals surface area contributed by atoms with Gasteiger partial charge in [0.25, 0.3) is 0 Å².